The van der Waals surface area contributed by atoms with Crippen LogP contribution in [0.4, 0.5) is 9.52 Å². The molecule has 1 aromatic heterocycles. The van der Waals surface area contributed by atoms with Crippen molar-refractivity contribution < 1.29 is 4.39 Å². The average Bonchev–Trinajstić information content (AvgIpc) is 2.79. The molecule has 1 aromatic carbocycles. The fraction of sp³-hybridized carbons (Fsp3) is 0.273. The fourth-order valence-corrected chi connectivity index (χ4v) is 2.27. The van der Waals surface area contributed by atoms with Crippen LogP contribution in [0.1, 0.15) is 13.3 Å². The number of aromatic nitrogens is 2. The van der Waals surface area contributed by atoms with Crippen molar-refractivity contribution in [1.29, 1.82) is 0 Å². The summed E-state index contributed by atoms with van der Waals surface area (Å²) in [6, 6.07) is 4.76. The summed E-state index contributed by atoms with van der Waals surface area (Å²) >= 11 is 4.46. The summed E-state index contributed by atoms with van der Waals surface area (Å²) in [6.45, 7) is 2.97. The van der Waals surface area contributed by atoms with Gasteiger partial charge in [-0.1, -0.05) is 6.92 Å². The minimum Gasteiger partial charge on any atom is -0.360 e. The van der Waals surface area contributed by atoms with Crippen LogP contribution in [0.2, 0.25) is 0 Å². The molecule has 2 rings (SSSR count). The molecule has 2 aromatic rings. The van der Waals surface area contributed by atoms with Crippen LogP contribution in [0.25, 0.3) is 11.4 Å². The summed E-state index contributed by atoms with van der Waals surface area (Å²) < 4.78 is 17.7. The number of anilines is 1. The first-order valence-corrected chi connectivity index (χ1v) is 6.80. The molecule has 0 saturated carbocycles. The molecular formula is C11H11BrFN3S. The molecule has 0 unspecified atom stereocenters. The lowest BCUT2D eigenvalue weighted by Gasteiger charge is -1.98. The molecular weight excluding hydrogens is 305 g/mol. The van der Waals surface area contributed by atoms with E-state index in [2.05, 4.69) is 37.5 Å². The third-order valence-corrected chi connectivity index (χ3v) is 3.41. The maximum atomic E-state index is 13.1. The first-order chi connectivity index (χ1) is 8.20. The quantitative estimate of drug-likeness (QED) is 0.929. The molecule has 0 spiro atoms. The van der Waals surface area contributed by atoms with Gasteiger partial charge in [-0.2, -0.15) is 9.36 Å². The summed E-state index contributed by atoms with van der Waals surface area (Å²) in [5.41, 5.74) is 0.805. The van der Waals surface area contributed by atoms with Gasteiger partial charge < -0.3 is 5.32 Å². The Labute approximate surface area is 111 Å². The summed E-state index contributed by atoms with van der Waals surface area (Å²) in [7, 11) is 0. The molecule has 0 radical (unpaired) electrons. The number of hydrogen-bond donors (Lipinski definition) is 1. The summed E-state index contributed by atoms with van der Waals surface area (Å²) in [6.07, 6.45) is 1.04. The van der Waals surface area contributed by atoms with E-state index in [4.69, 9.17) is 0 Å². The van der Waals surface area contributed by atoms with Gasteiger partial charge in [0.25, 0.3) is 0 Å². The van der Waals surface area contributed by atoms with Gasteiger partial charge in [0, 0.05) is 23.6 Å². The van der Waals surface area contributed by atoms with Gasteiger partial charge in [-0.3, -0.25) is 0 Å². The molecule has 0 aliphatic carbocycles. The van der Waals surface area contributed by atoms with Gasteiger partial charge in [-0.25, -0.2) is 4.39 Å². The Hall–Kier alpha value is -1.01. The normalized spacial score (nSPS) is 10.5. The maximum Gasteiger partial charge on any atom is 0.202 e. The second kappa shape index (κ2) is 5.55. The lowest BCUT2D eigenvalue weighted by Crippen LogP contribution is -1.98. The largest absolute Gasteiger partial charge is 0.360 e. The molecule has 1 heterocycles. The van der Waals surface area contributed by atoms with E-state index in [1.54, 1.807) is 12.1 Å². The van der Waals surface area contributed by atoms with Crippen LogP contribution in [0.5, 0.6) is 0 Å². The van der Waals surface area contributed by atoms with Crippen molar-refractivity contribution in [3.05, 3.63) is 28.5 Å². The lowest BCUT2D eigenvalue weighted by atomic mass is 10.2. The van der Waals surface area contributed by atoms with Gasteiger partial charge in [0.05, 0.1) is 4.47 Å². The van der Waals surface area contributed by atoms with Gasteiger partial charge >= 0.3 is 0 Å². The third-order valence-electron chi connectivity index (χ3n) is 2.13. The first kappa shape index (κ1) is 12.4. The van der Waals surface area contributed by atoms with Gasteiger partial charge in [-0.05, 0) is 40.5 Å². The Morgan fingerprint density at radius 2 is 2.29 bits per heavy atom. The highest BCUT2D eigenvalue weighted by molar-refractivity contribution is 9.10. The predicted molar refractivity (Wildman–Crippen MR) is 71.8 cm³/mol. The lowest BCUT2D eigenvalue weighted by molar-refractivity contribution is 0.621. The molecule has 17 heavy (non-hydrogen) atoms. The molecule has 0 amide bonds. The second-order valence-corrected chi connectivity index (χ2v) is 5.08. The Kier molecular flexibility index (Phi) is 4.06. The first-order valence-electron chi connectivity index (χ1n) is 5.23. The number of halogens is 2. The second-order valence-electron chi connectivity index (χ2n) is 3.48. The van der Waals surface area contributed by atoms with E-state index in [1.807, 2.05) is 0 Å². The highest BCUT2D eigenvalue weighted by atomic mass is 79.9. The highest BCUT2D eigenvalue weighted by Crippen LogP contribution is 2.25. The Bertz CT molecular complexity index is 515. The molecule has 90 valence electrons. The van der Waals surface area contributed by atoms with Gasteiger partial charge in [0.2, 0.25) is 5.13 Å². The van der Waals surface area contributed by atoms with E-state index in [0.717, 1.165) is 23.7 Å². The zero-order valence-corrected chi connectivity index (χ0v) is 11.6. The SMILES string of the molecule is CCCNc1nc(-c2ccc(F)c(Br)c2)ns1. The predicted octanol–water partition coefficient (Wildman–Crippen LogP) is 3.93. The highest BCUT2D eigenvalue weighted by Gasteiger charge is 2.08. The van der Waals surface area contributed by atoms with Crippen molar-refractivity contribution in [2.75, 3.05) is 11.9 Å². The van der Waals surface area contributed by atoms with Gasteiger partial charge in [0.1, 0.15) is 5.82 Å². The molecule has 6 heteroatoms. The minimum atomic E-state index is -0.284. The van der Waals surface area contributed by atoms with Crippen molar-refractivity contribution in [2.24, 2.45) is 0 Å². The van der Waals surface area contributed by atoms with Crippen molar-refractivity contribution in [2.45, 2.75) is 13.3 Å². The zero-order valence-electron chi connectivity index (χ0n) is 9.20. The Morgan fingerprint density at radius 3 is 3.00 bits per heavy atom. The molecule has 3 nitrogen and oxygen atoms in total. The molecule has 0 saturated heterocycles. The van der Waals surface area contributed by atoms with E-state index < -0.39 is 0 Å². The Morgan fingerprint density at radius 1 is 1.47 bits per heavy atom. The van der Waals surface area contributed by atoms with Crippen molar-refractivity contribution in [3.63, 3.8) is 0 Å². The fourth-order valence-electron chi connectivity index (χ4n) is 1.28. The van der Waals surface area contributed by atoms with E-state index in [0.29, 0.717) is 10.3 Å². The number of nitrogens with zero attached hydrogens (tertiary/aromatic N) is 2. The van der Waals surface area contributed by atoms with Crippen molar-refractivity contribution >= 4 is 32.6 Å². The monoisotopic (exact) mass is 315 g/mol. The van der Waals surface area contributed by atoms with Crippen LogP contribution in [-0.2, 0) is 0 Å². The molecule has 0 atom stereocenters. The molecule has 0 aliphatic heterocycles. The topological polar surface area (TPSA) is 37.8 Å². The number of rotatable bonds is 4. The van der Waals surface area contributed by atoms with Gasteiger partial charge in [-0.15, -0.1) is 0 Å². The number of benzene rings is 1. The summed E-state index contributed by atoms with van der Waals surface area (Å²) in [5, 5.41) is 3.96. The van der Waals surface area contributed by atoms with Crippen LogP contribution in [-0.4, -0.2) is 15.9 Å². The third kappa shape index (κ3) is 3.01. The van der Waals surface area contributed by atoms with Crippen LogP contribution < -0.4 is 5.32 Å². The van der Waals surface area contributed by atoms with Gasteiger partial charge in [0.15, 0.2) is 5.82 Å². The van der Waals surface area contributed by atoms with Crippen molar-refractivity contribution in [1.82, 2.24) is 9.36 Å². The zero-order chi connectivity index (χ0) is 12.3. The van der Waals surface area contributed by atoms with E-state index in [1.165, 1.54) is 17.6 Å². The maximum absolute atomic E-state index is 13.1. The van der Waals surface area contributed by atoms with Crippen LogP contribution in [0, 0.1) is 5.82 Å². The Balaban J connectivity index is 2.21. The molecule has 0 aliphatic rings. The number of hydrogen-bond acceptors (Lipinski definition) is 4. The van der Waals surface area contributed by atoms with E-state index in [-0.39, 0.29) is 5.82 Å². The number of nitrogens with one attached hydrogen (secondary N) is 1. The van der Waals surface area contributed by atoms with Crippen LogP contribution >= 0.6 is 27.5 Å². The standard InChI is InChI=1S/C11H11BrFN3S/c1-2-5-14-11-15-10(16-17-11)7-3-4-9(13)8(12)6-7/h3-4,6H,2,5H2,1H3,(H,14,15,16). The molecule has 0 bridgehead atoms. The van der Waals surface area contributed by atoms with Crippen LogP contribution in [0.3, 0.4) is 0 Å². The molecule has 0 fully saturated rings. The summed E-state index contributed by atoms with van der Waals surface area (Å²) in [4.78, 5) is 4.34. The average molecular weight is 316 g/mol. The molecule has 1 N–H and O–H groups in total. The van der Waals surface area contributed by atoms with Crippen LogP contribution in [0.15, 0.2) is 22.7 Å². The van der Waals surface area contributed by atoms with E-state index >= 15 is 0 Å². The smallest absolute Gasteiger partial charge is 0.202 e. The summed E-state index contributed by atoms with van der Waals surface area (Å²) in [5.74, 6) is 0.336. The van der Waals surface area contributed by atoms with Crippen molar-refractivity contribution in [3.8, 4) is 11.4 Å². The van der Waals surface area contributed by atoms with E-state index in [9.17, 15) is 4.39 Å². The minimum absolute atomic E-state index is 0.284.